The predicted octanol–water partition coefficient (Wildman–Crippen LogP) is 2.40. The number of hydrogen-bond acceptors (Lipinski definition) is 4. The molecular formula is C18H30ClN3O3S. The van der Waals surface area contributed by atoms with Crippen LogP contribution in [0.2, 0.25) is 0 Å². The summed E-state index contributed by atoms with van der Waals surface area (Å²) in [5.74, 6) is -0.180. The molecule has 1 amide bonds. The van der Waals surface area contributed by atoms with E-state index in [2.05, 4.69) is 10.6 Å². The smallest absolute Gasteiger partial charge is 0.251 e. The monoisotopic (exact) mass is 403 g/mol. The molecule has 0 saturated heterocycles. The van der Waals surface area contributed by atoms with Crippen LogP contribution in [0.1, 0.15) is 48.9 Å². The number of hydrogen-bond donors (Lipinski definition) is 2. The minimum atomic E-state index is -3.51. The van der Waals surface area contributed by atoms with Crippen LogP contribution in [0.15, 0.2) is 29.2 Å². The Balaban J connectivity index is 0.00000338. The number of carbonyl (C=O) groups excluding carboxylic acids is 1. The molecular weight excluding hydrogens is 374 g/mol. The van der Waals surface area contributed by atoms with E-state index < -0.39 is 10.0 Å². The Morgan fingerprint density at radius 1 is 1.12 bits per heavy atom. The molecule has 0 atom stereocenters. The van der Waals surface area contributed by atoms with Crippen molar-refractivity contribution in [3.8, 4) is 0 Å². The zero-order valence-corrected chi connectivity index (χ0v) is 17.2. The molecule has 0 aliphatic heterocycles. The first-order chi connectivity index (χ1) is 12.0. The third-order valence-electron chi connectivity index (χ3n) is 4.77. The lowest BCUT2D eigenvalue weighted by molar-refractivity contribution is 0.0953. The van der Waals surface area contributed by atoms with Gasteiger partial charge in [-0.3, -0.25) is 4.79 Å². The number of carbonyl (C=O) groups is 1. The maximum atomic E-state index is 12.8. The Morgan fingerprint density at radius 2 is 1.73 bits per heavy atom. The largest absolute Gasteiger partial charge is 0.352 e. The fraction of sp³-hybridized carbons (Fsp3) is 0.611. The normalized spacial score (nSPS) is 15.5. The van der Waals surface area contributed by atoms with Crippen LogP contribution in [0.5, 0.6) is 0 Å². The summed E-state index contributed by atoms with van der Waals surface area (Å²) in [5.41, 5.74) is 0.476. The van der Waals surface area contributed by atoms with E-state index in [0.29, 0.717) is 12.1 Å². The molecule has 0 radical (unpaired) electrons. The first-order valence-corrected chi connectivity index (χ1v) is 10.4. The van der Waals surface area contributed by atoms with E-state index in [1.807, 2.05) is 7.05 Å². The molecule has 1 aromatic carbocycles. The predicted molar refractivity (Wildman–Crippen MR) is 106 cm³/mol. The summed E-state index contributed by atoms with van der Waals surface area (Å²) in [7, 11) is 0.0148. The van der Waals surface area contributed by atoms with Crippen LogP contribution >= 0.6 is 12.4 Å². The van der Waals surface area contributed by atoms with Gasteiger partial charge in [0.2, 0.25) is 10.0 Å². The first kappa shape index (κ1) is 22.9. The summed E-state index contributed by atoms with van der Waals surface area (Å²) < 4.78 is 27.0. The van der Waals surface area contributed by atoms with Crippen molar-refractivity contribution in [3.63, 3.8) is 0 Å². The van der Waals surface area contributed by atoms with Crippen LogP contribution in [0, 0.1) is 0 Å². The highest BCUT2D eigenvalue weighted by atomic mass is 35.5. The summed E-state index contributed by atoms with van der Waals surface area (Å²) >= 11 is 0. The van der Waals surface area contributed by atoms with Crippen molar-refractivity contribution >= 4 is 28.3 Å². The van der Waals surface area contributed by atoms with Crippen molar-refractivity contribution in [1.29, 1.82) is 0 Å². The number of benzene rings is 1. The molecule has 0 aromatic heterocycles. The van der Waals surface area contributed by atoms with Crippen LogP contribution in [-0.4, -0.2) is 51.9 Å². The third-order valence-corrected chi connectivity index (χ3v) is 6.70. The number of nitrogens with zero attached hydrogens (tertiary/aromatic N) is 1. The summed E-state index contributed by atoms with van der Waals surface area (Å²) in [6.07, 6.45) is 6.03. The van der Waals surface area contributed by atoms with E-state index in [9.17, 15) is 13.2 Å². The van der Waals surface area contributed by atoms with E-state index in [1.165, 1.54) is 22.9 Å². The lowest BCUT2D eigenvalue weighted by Crippen LogP contribution is -2.38. The molecule has 26 heavy (non-hydrogen) atoms. The summed E-state index contributed by atoms with van der Waals surface area (Å²) in [6, 6.07) is 6.28. The van der Waals surface area contributed by atoms with Gasteiger partial charge in [0, 0.05) is 25.2 Å². The van der Waals surface area contributed by atoms with Gasteiger partial charge in [-0.25, -0.2) is 8.42 Å². The van der Waals surface area contributed by atoms with Crippen molar-refractivity contribution < 1.29 is 13.2 Å². The van der Waals surface area contributed by atoms with Crippen LogP contribution < -0.4 is 10.6 Å². The molecule has 1 aliphatic rings. The van der Waals surface area contributed by atoms with Gasteiger partial charge in [-0.1, -0.05) is 19.3 Å². The Labute approximate surface area is 163 Å². The molecule has 2 rings (SSSR count). The molecule has 0 spiro atoms. The number of sulfonamides is 1. The van der Waals surface area contributed by atoms with E-state index in [4.69, 9.17) is 0 Å². The molecule has 1 fully saturated rings. The lowest BCUT2D eigenvalue weighted by atomic mass is 9.96. The highest BCUT2D eigenvalue weighted by Crippen LogP contribution is 2.26. The van der Waals surface area contributed by atoms with E-state index in [1.54, 1.807) is 19.2 Å². The van der Waals surface area contributed by atoms with E-state index >= 15 is 0 Å². The molecule has 0 bridgehead atoms. The van der Waals surface area contributed by atoms with E-state index in [-0.39, 0.29) is 29.3 Å². The summed E-state index contributed by atoms with van der Waals surface area (Å²) in [6.45, 7) is 1.43. The molecule has 6 nitrogen and oxygen atoms in total. The van der Waals surface area contributed by atoms with Gasteiger partial charge in [0.15, 0.2) is 0 Å². The standard InChI is InChI=1S/C18H29N3O3S.ClH/c1-19-13-6-14-20-18(22)15-9-11-17(12-10-15)25(23,24)21(2)16-7-4-3-5-8-16;/h9-12,16,19H,3-8,13-14H2,1-2H3,(H,20,22);1H. The quantitative estimate of drug-likeness (QED) is 0.653. The number of halogens is 1. The minimum Gasteiger partial charge on any atom is -0.352 e. The second-order valence-electron chi connectivity index (χ2n) is 6.55. The lowest BCUT2D eigenvalue weighted by Gasteiger charge is -2.30. The molecule has 1 aromatic rings. The molecule has 148 valence electrons. The maximum absolute atomic E-state index is 12.8. The zero-order valence-electron chi connectivity index (χ0n) is 15.5. The van der Waals surface area contributed by atoms with Crippen LogP contribution in [0.3, 0.4) is 0 Å². The molecule has 1 saturated carbocycles. The SMILES string of the molecule is CNCCCNC(=O)c1ccc(S(=O)(=O)N(C)C2CCCCC2)cc1.Cl. The minimum absolute atomic E-state index is 0. The van der Waals surface area contributed by atoms with Crippen LogP contribution in [0.25, 0.3) is 0 Å². The van der Waals surface area contributed by atoms with Crippen LogP contribution in [-0.2, 0) is 10.0 Å². The van der Waals surface area contributed by atoms with Gasteiger partial charge in [-0.05, 0) is 57.1 Å². The van der Waals surface area contributed by atoms with Gasteiger partial charge in [-0.15, -0.1) is 12.4 Å². The zero-order chi connectivity index (χ0) is 18.3. The van der Waals surface area contributed by atoms with Crippen molar-refractivity contribution in [2.75, 3.05) is 27.2 Å². The van der Waals surface area contributed by atoms with Gasteiger partial charge in [0.1, 0.15) is 0 Å². The second-order valence-corrected chi connectivity index (χ2v) is 8.55. The first-order valence-electron chi connectivity index (χ1n) is 8.97. The highest BCUT2D eigenvalue weighted by Gasteiger charge is 2.29. The van der Waals surface area contributed by atoms with Gasteiger partial charge in [0.25, 0.3) is 5.91 Å². The van der Waals surface area contributed by atoms with Crippen molar-refractivity contribution in [2.45, 2.75) is 49.5 Å². The summed E-state index contributed by atoms with van der Waals surface area (Å²) in [5, 5.41) is 5.85. The second kappa shape index (κ2) is 10.9. The molecule has 1 aliphatic carbocycles. The molecule has 2 N–H and O–H groups in total. The fourth-order valence-electron chi connectivity index (χ4n) is 3.15. The van der Waals surface area contributed by atoms with Crippen molar-refractivity contribution in [1.82, 2.24) is 14.9 Å². The Bertz CT molecular complexity index is 659. The van der Waals surface area contributed by atoms with Crippen LogP contribution in [0.4, 0.5) is 0 Å². The summed E-state index contributed by atoms with van der Waals surface area (Å²) in [4.78, 5) is 12.3. The topological polar surface area (TPSA) is 78.5 Å². The van der Waals surface area contributed by atoms with Gasteiger partial charge in [-0.2, -0.15) is 4.31 Å². The average molecular weight is 404 g/mol. The van der Waals surface area contributed by atoms with E-state index in [0.717, 1.165) is 38.6 Å². The van der Waals surface area contributed by atoms with Crippen molar-refractivity contribution in [2.24, 2.45) is 0 Å². The Hall–Kier alpha value is -1.15. The van der Waals surface area contributed by atoms with Crippen molar-refractivity contribution in [3.05, 3.63) is 29.8 Å². The maximum Gasteiger partial charge on any atom is 0.251 e. The highest BCUT2D eigenvalue weighted by molar-refractivity contribution is 7.89. The number of amides is 1. The number of rotatable bonds is 8. The molecule has 0 heterocycles. The van der Waals surface area contributed by atoms with Gasteiger partial charge >= 0.3 is 0 Å². The molecule has 0 unspecified atom stereocenters. The van der Waals surface area contributed by atoms with Gasteiger partial charge in [0.05, 0.1) is 4.90 Å². The Kier molecular flexibility index (Phi) is 9.57. The molecule has 8 heteroatoms. The fourth-order valence-corrected chi connectivity index (χ4v) is 4.57. The Morgan fingerprint density at radius 3 is 2.31 bits per heavy atom. The number of nitrogens with one attached hydrogen (secondary N) is 2. The third kappa shape index (κ3) is 5.94. The average Bonchev–Trinajstić information content (AvgIpc) is 2.65. The van der Waals surface area contributed by atoms with Gasteiger partial charge < -0.3 is 10.6 Å².